The van der Waals surface area contributed by atoms with Crippen LogP contribution in [0.15, 0.2) is 73.1 Å². The number of carbonyl (C=O) groups is 1. The van der Waals surface area contributed by atoms with Crippen molar-refractivity contribution in [2.75, 3.05) is 5.32 Å². The van der Waals surface area contributed by atoms with Gasteiger partial charge in [0.1, 0.15) is 5.82 Å². The van der Waals surface area contributed by atoms with Crippen molar-refractivity contribution in [2.24, 2.45) is 0 Å². The van der Waals surface area contributed by atoms with Crippen molar-refractivity contribution in [3.05, 3.63) is 95.2 Å². The largest absolute Gasteiger partial charge is 0.320 e. The predicted molar refractivity (Wildman–Crippen MR) is 111 cm³/mol. The van der Waals surface area contributed by atoms with E-state index in [0.717, 1.165) is 11.1 Å². The molecule has 0 atom stereocenters. The average molecular weight is 407 g/mol. The third-order valence-corrected chi connectivity index (χ3v) is 4.65. The Morgan fingerprint density at radius 2 is 1.90 bits per heavy atom. The Hall–Kier alpha value is -3.51. The van der Waals surface area contributed by atoms with Crippen LogP contribution in [0.3, 0.4) is 0 Å². The van der Waals surface area contributed by atoms with Gasteiger partial charge >= 0.3 is 0 Å². The van der Waals surface area contributed by atoms with E-state index < -0.39 is 0 Å². The van der Waals surface area contributed by atoms with Gasteiger partial charge in [0.25, 0.3) is 5.91 Å². The molecule has 0 saturated heterocycles. The Balaban J connectivity index is 1.75. The first-order valence-electron chi connectivity index (χ1n) is 8.85. The van der Waals surface area contributed by atoms with Crippen molar-refractivity contribution >= 4 is 23.2 Å². The van der Waals surface area contributed by atoms with Crippen LogP contribution in [-0.2, 0) is 0 Å². The molecule has 0 saturated carbocycles. The first kappa shape index (κ1) is 18.8. The topological polar surface area (TPSA) is 59.8 Å². The maximum Gasteiger partial charge on any atom is 0.276 e. The van der Waals surface area contributed by atoms with Crippen LogP contribution in [0.2, 0.25) is 5.02 Å². The number of hydrogen-bond donors (Lipinski definition) is 1. The maximum absolute atomic E-state index is 13.4. The van der Waals surface area contributed by atoms with Crippen molar-refractivity contribution in [2.45, 2.75) is 6.92 Å². The second-order valence-electron chi connectivity index (χ2n) is 6.46. The molecule has 0 radical (unpaired) electrons. The van der Waals surface area contributed by atoms with E-state index in [1.54, 1.807) is 53.5 Å². The molecular weight excluding hydrogens is 391 g/mol. The fourth-order valence-corrected chi connectivity index (χ4v) is 3.08. The Labute approximate surface area is 171 Å². The molecule has 0 bridgehead atoms. The molecule has 0 unspecified atom stereocenters. The lowest BCUT2D eigenvalue weighted by Gasteiger charge is -2.08. The molecule has 4 aromatic rings. The minimum atomic E-state index is -0.374. The number of carbonyl (C=O) groups excluding carboxylic acids is 1. The number of hydrogen-bond acceptors (Lipinski definition) is 3. The van der Waals surface area contributed by atoms with Crippen LogP contribution in [0.25, 0.3) is 16.9 Å². The van der Waals surface area contributed by atoms with Crippen LogP contribution in [0.1, 0.15) is 16.1 Å². The van der Waals surface area contributed by atoms with Gasteiger partial charge in [-0.25, -0.2) is 9.07 Å². The van der Waals surface area contributed by atoms with Crippen LogP contribution in [0, 0.1) is 12.7 Å². The van der Waals surface area contributed by atoms with Crippen molar-refractivity contribution in [1.29, 1.82) is 0 Å². The molecule has 5 nitrogen and oxygen atoms in total. The summed E-state index contributed by atoms with van der Waals surface area (Å²) in [6.45, 7) is 1.88. The third kappa shape index (κ3) is 4.02. The van der Waals surface area contributed by atoms with Gasteiger partial charge in [0.2, 0.25) is 0 Å². The number of anilines is 1. The molecule has 0 aliphatic heterocycles. The van der Waals surface area contributed by atoms with Gasteiger partial charge < -0.3 is 5.32 Å². The van der Waals surface area contributed by atoms with Crippen molar-refractivity contribution in [3.8, 4) is 16.9 Å². The highest BCUT2D eigenvalue weighted by Crippen LogP contribution is 2.25. The summed E-state index contributed by atoms with van der Waals surface area (Å²) in [5.41, 5.74) is 3.78. The Bertz CT molecular complexity index is 1170. The fourth-order valence-electron chi connectivity index (χ4n) is 2.91. The normalized spacial score (nSPS) is 10.7. The van der Waals surface area contributed by atoms with Crippen LogP contribution < -0.4 is 5.32 Å². The molecule has 0 spiro atoms. The van der Waals surface area contributed by atoms with Gasteiger partial charge in [-0.05, 0) is 67.1 Å². The number of rotatable bonds is 4. The van der Waals surface area contributed by atoms with Gasteiger partial charge in [-0.2, -0.15) is 5.10 Å². The van der Waals surface area contributed by atoms with E-state index in [1.165, 1.54) is 12.1 Å². The number of amides is 1. The molecule has 0 fully saturated rings. The van der Waals surface area contributed by atoms with Gasteiger partial charge in [0.15, 0.2) is 5.69 Å². The molecule has 2 heterocycles. The van der Waals surface area contributed by atoms with Crippen LogP contribution in [0.5, 0.6) is 0 Å². The molecule has 4 rings (SSSR count). The third-order valence-electron chi connectivity index (χ3n) is 4.42. The maximum atomic E-state index is 13.4. The van der Waals surface area contributed by atoms with Crippen LogP contribution in [-0.4, -0.2) is 20.7 Å². The predicted octanol–water partition coefficient (Wildman–Crippen LogP) is 5.29. The standard InChI is InChI=1S/C22H16ClFN4O/c1-14-4-5-16(23)11-19(14)26-22(29)20-12-21(15-3-2-10-25-13-15)28(27-20)18-8-6-17(24)7-9-18/h2-13H,1H3,(H,26,29). The molecule has 2 aromatic carbocycles. The van der Waals surface area contributed by atoms with Crippen LogP contribution in [0.4, 0.5) is 10.1 Å². The second-order valence-corrected chi connectivity index (χ2v) is 6.89. The zero-order valence-electron chi connectivity index (χ0n) is 15.4. The number of aryl methyl sites for hydroxylation is 1. The number of aromatic nitrogens is 3. The van der Waals surface area contributed by atoms with Crippen LogP contribution >= 0.6 is 11.6 Å². The summed E-state index contributed by atoms with van der Waals surface area (Å²) in [7, 11) is 0. The van der Waals surface area contributed by atoms with Crippen molar-refractivity contribution in [1.82, 2.24) is 14.8 Å². The highest BCUT2D eigenvalue weighted by Gasteiger charge is 2.18. The van der Waals surface area contributed by atoms with E-state index >= 15 is 0 Å². The molecule has 1 amide bonds. The van der Waals surface area contributed by atoms with E-state index in [9.17, 15) is 9.18 Å². The SMILES string of the molecule is Cc1ccc(Cl)cc1NC(=O)c1cc(-c2cccnc2)n(-c2ccc(F)cc2)n1. The first-order valence-corrected chi connectivity index (χ1v) is 9.23. The summed E-state index contributed by atoms with van der Waals surface area (Å²) in [5, 5.41) is 7.83. The van der Waals surface area contributed by atoms with E-state index in [1.807, 2.05) is 19.1 Å². The summed E-state index contributed by atoms with van der Waals surface area (Å²) in [4.78, 5) is 17.0. The molecule has 29 heavy (non-hydrogen) atoms. The summed E-state index contributed by atoms with van der Waals surface area (Å²) < 4.78 is 15.0. The molecule has 0 aliphatic rings. The highest BCUT2D eigenvalue weighted by atomic mass is 35.5. The van der Waals surface area contributed by atoms with Gasteiger partial charge in [-0.3, -0.25) is 9.78 Å². The molecule has 144 valence electrons. The fraction of sp³-hybridized carbons (Fsp3) is 0.0455. The van der Waals surface area contributed by atoms with E-state index in [4.69, 9.17) is 11.6 Å². The van der Waals surface area contributed by atoms with E-state index in [0.29, 0.717) is 22.1 Å². The van der Waals surface area contributed by atoms with Crippen molar-refractivity contribution in [3.63, 3.8) is 0 Å². The molecule has 1 N–H and O–H groups in total. The minimum absolute atomic E-state index is 0.215. The summed E-state index contributed by atoms with van der Waals surface area (Å²) in [5.74, 6) is -0.723. The summed E-state index contributed by atoms with van der Waals surface area (Å²) >= 11 is 6.04. The van der Waals surface area contributed by atoms with Crippen molar-refractivity contribution < 1.29 is 9.18 Å². The summed E-state index contributed by atoms with van der Waals surface area (Å²) in [6, 6.07) is 16.5. The molecular formula is C22H16ClFN4O. The Kier molecular flexibility index (Phi) is 5.10. The summed E-state index contributed by atoms with van der Waals surface area (Å²) in [6.07, 6.45) is 3.34. The van der Waals surface area contributed by atoms with E-state index in [-0.39, 0.29) is 17.4 Å². The first-order chi connectivity index (χ1) is 14.0. The highest BCUT2D eigenvalue weighted by molar-refractivity contribution is 6.31. The lowest BCUT2D eigenvalue weighted by atomic mass is 10.1. The van der Waals surface area contributed by atoms with E-state index in [2.05, 4.69) is 15.4 Å². The second kappa shape index (κ2) is 7.85. The Morgan fingerprint density at radius 3 is 2.62 bits per heavy atom. The minimum Gasteiger partial charge on any atom is -0.320 e. The Morgan fingerprint density at radius 1 is 1.10 bits per heavy atom. The number of pyridine rings is 1. The monoisotopic (exact) mass is 406 g/mol. The van der Waals surface area contributed by atoms with Gasteiger partial charge in [-0.1, -0.05) is 17.7 Å². The smallest absolute Gasteiger partial charge is 0.276 e. The number of benzene rings is 2. The van der Waals surface area contributed by atoms with Gasteiger partial charge in [0.05, 0.1) is 11.4 Å². The lowest BCUT2D eigenvalue weighted by Crippen LogP contribution is -2.14. The number of nitrogens with one attached hydrogen (secondary N) is 1. The molecule has 7 heteroatoms. The zero-order chi connectivity index (χ0) is 20.4. The average Bonchev–Trinajstić information content (AvgIpc) is 3.17. The zero-order valence-corrected chi connectivity index (χ0v) is 16.2. The number of nitrogens with zero attached hydrogens (tertiary/aromatic N) is 3. The molecule has 2 aromatic heterocycles. The van der Waals surface area contributed by atoms with Gasteiger partial charge in [0, 0.05) is 28.7 Å². The number of halogens is 2. The van der Waals surface area contributed by atoms with Gasteiger partial charge in [-0.15, -0.1) is 0 Å². The quantitative estimate of drug-likeness (QED) is 0.501. The lowest BCUT2D eigenvalue weighted by molar-refractivity contribution is 0.102. The molecule has 0 aliphatic carbocycles.